The van der Waals surface area contributed by atoms with Crippen molar-refractivity contribution in [3.63, 3.8) is 0 Å². The van der Waals surface area contributed by atoms with E-state index in [1.807, 2.05) is 12.1 Å². The van der Waals surface area contributed by atoms with Crippen molar-refractivity contribution in [3.05, 3.63) is 18.2 Å². The highest BCUT2D eigenvalue weighted by Crippen LogP contribution is 2.26. The fourth-order valence-electron chi connectivity index (χ4n) is 1.22. The summed E-state index contributed by atoms with van der Waals surface area (Å²) < 4.78 is 5.51. The molecule has 0 aromatic heterocycles. The lowest BCUT2D eigenvalue weighted by atomic mass is 10.2. The monoisotopic (exact) mass is 194 g/mol. The van der Waals surface area contributed by atoms with Crippen LogP contribution >= 0.6 is 0 Å². The maximum absolute atomic E-state index is 5.75. The summed E-state index contributed by atoms with van der Waals surface area (Å²) in [5, 5.41) is 0. The van der Waals surface area contributed by atoms with Crippen LogP contribution in [0.25, 0.3) is 0 Å². The van der Waals surface area contributed by atoms with Crippen LogP contribution in [0, 0.1) is 0 Å². The molecule has 0 aliphatic rings. The average molecular weight is 194 g/mol. The van der Waals surface area contributed by atoms with Crippen molar-refractivity contribution < 1.29 is 4.74 Å². The summed E-state index contributed by atoms with van der Waals surface area (Å²) in [6.45, 7) is 2.87. The van der Waals surface area contributed by atoms with Crippen molar-refractivity contribution in [2.24, 2.45) is 0 Å². The van der Waals surface area contributed by atoms with Gasteiger partial charge in [-0.25, -0.2) is 0 Å². The number of rotatable bonds is 5. The first kappa shape index (κ1) is 10.7. The van der Waals surface area contributed by atoms with Crippen LogP contribution in [0.5, 0.6) is 5.75 Å². The minimum Gasteiger partial charge on any atom is -0.491 e. The van der Waals surface area contributed by atoms with Crippen LogP contribution in [0.2, 0.25) is 0 Å². The number of hydrogen-bond donors (Lipinski definition) is 2. The van der Waals surface area contributed by atoms with Crippen LogP contribution < -0.4 is 16.2 Å². The van der Waals surface area contributed by atoms with Crippen molar-refractivity contribution in [1.29, 1.82) is 0 Å². The fraction of sp³-hybridized carbons (Fsp3) is 0.455. The fourth-order valence-corrected chi connectivity index (χ4v) is 1.22. The van der Waals surface area contributed by atoms with E-state index in [4.69, 9.17) is 16.2 Å². The lowest BCUT2D eigenvalue weighted by Crippen LogP contribution is -2.02. The number of unbranched alkanes of at least 4 members (excludes halogenated alkanes) is 2. The van der Waals surface area contributed by atoms with E-state index in [1.54, 1.807) is 6.07 Å². The van der Waals surface area contributed by atoms with Gasteiger partial charge in [0.2, 0.25) is 0 Å². The van der Waals surface area contributed by atoms with Crippen LogP contribution in [0.3, 0.4) is 0 Å². The van der Waals surface area contributed by atoms with Gasteiger partial charge in [0.15, 0.2) is 0 Å². The Kier molecular flexibility index (Phi) is 4.11. The molecular formula is C11H18N2O. The normalized spacial score (nSPS) is 10.1. The zero-order chi connectivity index (χ0) is 10.4. The second-order valence-corrected chi connectivity index (χ2v) is 3.31. The van der Waals surface area contributed by atoms with Crippen LogP contribution in [0.4, 0.5) is 11.4 Å². The second kappa shape index (κ2) is 5.37. The number of ether oxygens (including phenoxy) is 1. The largest absolute Gasteiger partial charge is 0.491 e. The Hall–Kier alpha value is -1.38. The van der Waals surface area contributed by atoms with Crippen LogP contribution in [0.1, 0.15) is 26.2 Å². The van der Waals surface area contributed by atoms with E-state index in [0.29, 0.717) is 23.7 Å². The zero-order valence-corrected chi connectivity index (χ0v) is 8.62. The summed E-state index contributed by atoms with van der Waals surface area (Å²) in [5.41, 5.74) is 12.5. The van der Waals surface area contributed by atoms with Gasteiger partial charge < -0.3 is 16.2 Å². The quantitative estimate of drug-likeness (QED) is 0.559. The molecule has 0 aliphatic carbocycles. The summed E-state index contributed by atoms with van der Waals surface area (Å²) in [6.07, 6.45) is 3.43. The van der Waals surface area contributed by atoms with Gasteiger partial charge in [-0.05, 0) is 18.6 Å². The summed E-state index contributed by atoms with van der Waals surface area (Å²) in [4.78, 5) is 0. The molecule has 0 heterocycles. The summed E-state index contributed by atoms with van der Waals surface area (Å²) in [5.74, 6) is 0.695. The Morgan fingerprint density at radius 2 is 2.00 bits per heavy atom. The summed E-state index contributed by atoms with van der Waals surface area (Å²) in [7, 11) is 0. The van der Waals surface area contributed by atoms with Gasteiger partial charge in [0.1, 0.15) is 5.75 Å². The lowest BCUT2D eigenvalue weighted by molar-refractivity contribution is 0.308. The van der Waals surface area contributed by atoms with Gasteiger partial charge >= 0.3 is 0 Å². The third kappa shape index (κ3) is 2.83. The number of para-hydroxylation sites is 1. The first-order chi connectivity index (χ1) is 6.75. The van der Waals surface area contributed by atoms with Gasteiger partial charge in [-0.2, -0.15) is 0 Å². The predicted molar refractivity (Wildman–Crippen MR) is 60.3 cm³/mol. The molecule has 4 N–H and O–H groups in total. The van der Waals surface area contributed by atoms with Gasteiger partial charge in [-0.15, -0.1) is 0 Å². The topological polar surface area (TPSA) is 61.3 Å². The number of nitrogens with two attached hydrogens (primary N) is 2. The molecule has 3 heteroatoms. The Morgan fingerprint density at radius 3 is 2.71 bits per heavy atom. The predicted octanol–water partition coefficient (Wildman–Crippen LogP) is 2.42. The number of hydrogen-bond acceptors (Lipinski definition) is 3. The molecule has 3 nitrogen and oxygen atoms in total. The van der Waals surface area contributed by atoms with E-state index < -0.39 is 0 Å². The van der Waals surface area contributed by atoms with E-state index in [0.717, 1.165) is 6.42 Å². The maximum atomic E-state index is 5.75. The zero-order valence-electron chi connectivity index (χ0n) is 8.62. The smallest absolute Gasteiger partial charge is 0.144 e. The number of benzene rings is 1. The van der Waals surface area contributed by atoms with Crippen molar-refractivity contribution in [2.45, 2.75) is 26.2 Å². The summed E-state index contributed by atoms with van der Waals surface area (Å²) >= 11 is 0. The third-order valence-corrected chi connectivity index (χ3v) is 2.11. The van der Waals surface area contributed by atoms with E-state index in [1.165, 1.54) is 12.8 Å². The highest BCUT2D eigenvalue weighted by atomic mass is 16.5. The Morgan fingerprint density at radius 1 is 1.21 bits per heavy atom. The van der Waals surface area contributed by atoms with E-state index in [-0.39, 0.29) is 0 Å². The van der Waals surface area contributed by atoms with E-state index in [2.05, 4.69) is 6.92 Å². The van der Waals surface area contributed by atoms with E-state index in [9.17, 15) is 0 Å². The van der Waals surface area contributed by atoms with Crippen LogP contribution in [-0.4, -0.2) is 6.61 Å². The molecule has 1 rings (SSSR count). The minimum atomic E-state index is 0.545. The highest BCUT2D eigenvalue weighted by molar-refractivity contribution is 5.70. The Balaban J connectivity index is 2.46. The van der Waals surface area contributed by atoms with E-state index >= 15 is 0 Å². The molecule has 1 aromatic carbocycles. The lowest BCUT2D eigenvalue weighted by Gasteiger charge is -2.09. The van der Waals surface area contributed by atoms with Gasteiger partial charge in [0.25, 0.3) is 0 Å². The molecule has 0 spiro atoms. The molecule has 14 heavy (non-hydrogen) atoms. The molecule has 0 fully saturated rings. The molecule has 0 saturated heterocycles. The van der Waals surface area contributed by atoms with Crippen molar-refractivity contribution in [1.82, 2.24) is 0 Å². The Bertz CT molecular complexity index is 287. The van der Waals surface area contributed by atoms with Crippen molar-refractivity contribution in [2.75, 3.05) is 18.1 Å². The molecule has 0 unspecified atom stereocenters. The number of anilines is 2. The first-order valence-corrected chi connectivity index (χ1v) is 5.02. The SMILES string of the molecule is CCCCCOc1cccc(N)c1N. The summed E-state index contributed by atoms with van der Waals surface area (Å²) in [6, 6.07) is 5.47. The molecule has 0 amide bonds. The van der Waals surface area contributed by atoms with Crippen molar-refractivity contribution >= 4 is 11.4 Å². The van der Waals surface area contributed by atoms with Crippen molar-refractivity contribution in [3.8, 4) is 5.75 Å². The molecule has 0 radical (unpaired) electrons. The minimum absolute atomic E-state index is 0.545. The first-order valence-electron chi connectivity index (χ1n) is 5.02. The molecule has 0 aliphatic heterocycles. The molecule has 0 atom stereocenters. The van der Waals surface area contributed by atoms with Gasteiger partial charge in [-0.1, -0.05) is 25.8 Å². The van der Waals surface area contributed by atoms with Crippen LogP contribution in [-0.2, 0) is 0 Å². The molecule has 0 bridgehead atoms. The Labute approximate surface area is 85.0 Å². The van der Waals surface area contributed by atoms with Gasteiger partial charge in [0, 0.05) is 0 Å². The molecule has 0 saturated carbocycles. The van der Waals surface area contributed by atoms with Crippen LogP contribution in [0.15, 0.2) is 18.2 Å². The maximum Gasteiger partial charge on any atom is 0.144 e. The molecule has 78 valence electrons. The number of nitrogen functional groups attached to an aromatic ring is 2. The highest BCUT2D eigenvalue weighted by Gasteiger charge is 2.01. The van der Waals surface area contributed by atoms with Gasteiger partial charge in [0.05, 0.1) is 18.0 Å². The molecule has 1 aromatic rings. The molecular weight excluding hydrogens is 176 g/mol. The standard InChI is InChI=1S/C11H18N2O/c1-2-3-4-8-14-10-7-5-6-9(12)11(10)13/h5-7H,2-4,8,12-13H2,1H3. The van der Waals surface area contributed by atoms with Gasteiger partial charge in [-0.3, -0.25) is 0 Å². The second-order valence-electron chi connectivity index (χ2n) is 3.31. The third-order valence-electron chi connectivity index (χ3n) is 2.11. The average Bonchev–Trinajstić information content (AvgIpc) is 2.19.